The van der Waals surface area contributed by atoms with Crippen LogP contribution in [0, 0.1) is 0 Å². The van der Waals surface area contributed by atoms with Crippen LogP contribution in [-0.2, 0) is 9.84 Å². The lowest BCUT2D eigenvalue weighted by molar-refractivity contribution is 0.281. The average Bonchev–Trinajstić information content (AvgIpc) is 2.48. The first-order valence-corrected chi connectivity index (χ1v) is 9.73. The molecule has 0 aromatic heterocycles. The molecule has 1 aromatic rings. The Hall–Kier alpha value is -1.47. The number of nitrogens with zero attached hydrogens (tertiary/aromatic N) is 2. The minimum Gasteiger partial charge on any atom is -0.492 e. The van der Waals surface area contributed by atoms with Crippen LogP contribution in [0.15, 0.2) is 29.3 Å². The molecule has 0 fully saturated rings. The number of likely N-dealkylation sites (N-methyl/N-ethyl adjacent to an activating group) is 1. The van der Waals surface area contributed by atoms with Gasteiger partial charge >= 0.3 is 0 Å². The zero-order chi connectivity index (χ0) is 17.3. The van der Waals surface area contributed by atoms with Crippen molar-refractivity contribution in [3.8, 4) is 5.75 Å². The molecule has 23 heavy (non-hydrogen) atoms. The van der Waals surface area contributed by atoms with Crippen LogP contribution in [-0.4, -0.2) is 65.1 Å². The van der Waals surface area contributed by atoms with E-state index in [1.54, 1.807) is 19.2 Å². The highest BCUT2D eigenvalue weighted by Crippen LogP contribution is 2.15. The maximum absolute atomic E-state index is 11.1. The summed E-state index contributed by atoms with van der Waals surface area (Å²) >= 11 is 5.82. The van der Waals surface area contributed by atoms with Crippen molar-refractivity contribution in [2.45, 2.75) is 6.42 Å². The van der Waals surface area contributed by atoms with Gasteiger partial charge in [-0.15, -0.1) is 0 Å². The lowest BCUT2D eigenvalue weighted by atomic mass is 10.3. The number of sulfone groups is 1. The van der Waals surface area contributed by atoms with Crippen molar-refractivity contribution in [2.75, 3.05) is 45.8 Å². The summed E-state index contributed by atoms with van der Waals surface area (Å²) in [6.07, 6.45) is 1.79. The first-order valence-electron chi connectivity index (χ1n) is 7.29. The summed E-state index contributed by atoms with van der Waals surface area (Å²) in [7, 11) is 0.670. The van der Waals surface area contributed by atoms with Crippen LogP contribution in [0.1, 0.15) is 6.42 Å². The largest absolute Gasteiger partial charge is 0.492 e. The van der Waals surface area contributed by atoms with E-state index in [1.165, 1.54) is 6.26 Å². The molecule has 0 aliphatic carbocycles. The Morgan fingerprint density at radius 3 is 2.57 bits per heavy atom. The maximum atomic E-state index is 11.1. The smallest absolute Gasteiger partial charge is 0.193 e. The normalized spacial score (nSPS) is 12.1. The quantitative estimate of drug-likeness (QED) is 0.433. The van der Waals surface area contributed by atoms with E-state index in [0.29, 0.717) is 37.1 Å². The van der Waals surface area contributed by atoms with Gasteiger partial charge in [0.25, 0.3) is 0 Å². The van der Waals surface area contributed by atoms with Gasteiger partial charge in [0.1, 0.15) is 22.2 Å². The van der Waals surface area contributed by atoms with Gasteiger partial charge in [-0.05, 0) is 30.7 Å². The van der Waals surface area contributed by atoms with E-state index in [-0.39, 0.29) is 5.75 Å². The average molecular weight is 362 g/mol. The fourth-order valence-electron chi connectivity index (χ4n) is 1.86. The molecule has 1 aromatic carbocycles. The van der Waals surface area contributed by atoms with Gasteiger partial charge in [-0.3, -0.25) is 4.99 Å². The summed E-state index contributed by atoms with van der Waals surface area (Å²) in [5.41, 5.74) is 0. The number of hydrogen-bond acceptors (Lipinski definition) is 4. The number of rotatable bonds is 8. The van der Waals surface area contributed by atoms with Crippen LogP contribution in [0.5, 0.6) is 5.75 Å². The van der Waals surface area contributed by atoms with Crippen LogP contribution < -0.4 is 10.1 Å². The lowest BCUT2D eigenvalue weighted by Gasteiger charge is -2.22. The fraction of sp³-hybridized carbons (Fsp3) is 0.533. The molecule has 1 rings (SSSR count). The molecule has 130 valence electrons. The van der Waals surface area contributed by atoms with E-state index in [2.05, 4.69) is 10.3 Å². The molecule has 0 radical (unpaired) electrons. The van der Waals surface area contributed by atoms with Gasteiger partial charge in [-0.1, -0.05) is 11.6 Å². The zero-order valence-corrected chi connectivity index (χ0v) is 15.3. The number of nitrogens with one attached hydrogen (secondary N) is 1. The standard InChI is InChI=1S/C15H24ClN3O3S/c1-17-15(18-9-4-12-23(3,20)21)19(2)10-11-22-14-7-5-13(16)6-8-14/h5-8H,4,9-12H2,1-3H3,(H,17,18). The van der Waals surface area contributed by atoms with Gasteiger partial charge in [0, 0.05) is 31.9 Å². The Morgan fingerprint density at radius 2 is 2.00 bits per heavy atom. The third-order valence-corrected chi connectivity index (χ3v) is 4.34. The summed E-state index contributed by atoms with van der Waals surface area (Å²) in [5.74, 6) is 1.64. The van der Waals surface area contributed by atoms with Gasteiger partial charge in [0.05, 0.1) is 12.3 Å². The second-order valence-electron chi connectivity index (χ2n) is 5.18. The molecular weight excluding hydrogens is 338 g/mol. The number of guanidine groups is 1. The molecule has 1 N–H and O–H groups in total. The lowest BCUT2D eigenvalue weighted by Crippen LogP contribution is -2.41. The number of ether oxygens (including phenoxy) is 1. The number of aliphatic imine (C=N–C) groups is 1. The second-order valence-corrected chi connectivity index (χ2v) is 7.88. The molecule has 0 aliphatic heterocycles. The predicted octanol–water partition coefficient (Wildman–Crippen LogP) is 1.66. The molecule has 0 saturated carbocycles. The summed E-state index contributed by atoms with van der Waals surface area (Å²) in [4.78, 5) is 6.10. The van der Waals surface area contributed by atoms with Crippen molar-refractivity contribution in [3.05, 3.63) is 29.3 Å². The van der Waals surface area contributed by atoms with E-state index in [9.17, 15) is 8.42 Å². The molecule has 8 heteroatoms. The summed E-state index contributed by atoms with van der Waals surface area (Å²) in [6.45, 7) is 1.71. The highest BCUT2D eigenvalue weighted by molar-refractivity contribution is 7.90. The molecule has 0 bridgehead atoms. The molecular formula is C15H24ClN3O3S. The first-order chi connectivity index (χ1) is 10.8. The molecule has 0 saturated heterocycles. The van der Waals surface area contributed by atoms with E-state index in [1.807, 2.05) is 24.1 Å². The van der Waals surface area contributed by atoms with Gasteiger partial charge in [-0.2, -0.15) is 0 Å². The van der Waals surface area contributed by atoms with Crippen LogP contribution in [0.25, 0.3) is 0 Å². The molecule has 0 aliphatic rings. The summed E-state index contributed by atoms with van der Waals surface area (Å²) < 4.78 is 27.8. The number of halogens is 1. The topological polar surface area (TPSA) is 71.0 Å². The predicted molar refractivity (Wildman–Crippen MR) is 95.3 cm³/mol. The van der Waals surface area contributed by atoms with Crippen molar-refractivity contribution in [1.82, 2.24) is 10.2 Å². The van der Waals surface area contributed by atoms with Crippen LogP contribution in [0.3, 0.4) is 0 Å². The monoisotopic (exact) mass is 361 g/mol. The SMILES string of the molecule is CN=C(NCCCS(C)(=O)=O)N(C)CCOc1ccc(Cl)cc1. The van der Waals surface area contributed by atoms with E-state index >= 15 is 0 Å². The Bertz CT molecular complexity index is 603. The van der Waals surface area contributed by atoms with Crippen molar-refractivity contribution in [3.63, 3.8) is 0 Å². The van der Waals surface area contributed by atoms with Gasteiger partial charge in [0.2, 0.25) is 0 Å². The minimum atomic E-state index is -2.92. The first kappa shape index (κ1) is 19.6. The number of benzene rings is 1. The second kappa shape index (κ2) is 9.62. The highest BCUT2D eigenvalue weighted by atomic mass is 35.5. The van der Waals surface area contributed by atoms with Gasteiger partial charge in [0.15, 0.2) is 5.96 Å². The highest BCUT2D eigenvalue weighted by Gasteiger charge is 2.07. The molecule has 0 atom stereocenters. The molecule has 0 heterocycles. The van der Waals surface area contributed by atoms with Crippen LogP contribution >= 0.6 is 11.6 Å². The third kappa shape index (κ3) is 8.66. The Kier molecular flexibility index (Phi) is 8.19. The molecule has 6 nitrogen and oxygen atoms in total. The van der Waals surface area contributed by atoms with E-state index in [4.69, 9.17) is 16.3 Å². The Balaban J connectivity index is 2.30. The third-order valence-electron chi connectivity index (χ3n) is 3.06. The van der Waals surface area contributed by atoms with E-state index < -0.39 is 9.84 Å². The Morgan fingerprint density at radius 1 is 1.35 bits per heavy atom. The van der Waals surface area contributed by atoms with Crippen LogP contribution in [0.2, 0.25) is 5.02 Å². The van der Waals surface area contributed by atoms with Crippen molar-refractivity contribution >= 4 is 27.4 Å². The summed E-state index contributed by atoms with van der Waals surface area (Å²) in [5, 5.41) is 3.81. The molecule has 0 spiro atoms. The summed E-state index contributed by atoms with van der Waals surface area (Å²) in [6, 6.07) is 7.20. The maximum Gasteiger partial charge on any atom is 0.193 e. The van der Waals surface area contributed by atoms with E-state index in [0.717, 1.165) is 5.75 Å². The molecule has 0 amide bonds. The van der Waals surface area contributed by atoms with Gasteiger partial charge in [-0.25, -0.2) is 8.42 Å². The zero-order valence-electron chi connectivity index (χ0n) is 13.8. The molecule has 0 unspecified atom stereocenters. The fourth-order valence-corrected chi connectivity index (χ4v) is 2.65. The van der Waals surface area contributed by atoms with Crippen molar-refractivity contribution in [2.24, 2.45) is 4.99 Å². The number of hydrogen-bond donors (Lipinski definition) is 1. The Labute approximate surface area is 143 Å². The van der Waals surface area contributed by atoms with Crippen LogP contribution in [0.4, 0.5) is 0 Å². The van der Waals surface area contributed by atoms with Gasteiger partial charge < -0.3 is 15.0 Å². The minimum absolute atomic E-state index is 0.167. The van der Waals surface area contributed by atoms with Crippen molar-refractivity contribution in [1.29, 1.82) is 0 Å². The van der Waals surface area contributed by atoms with Crippen molar-refractivity contribution < 1.29 is 13.2 Å².